The van der Waals surface area contributed by atoms with Gasteiger partial charge in [0, 0.05) is 31.8 Å². The van der Waals surface area contributed by atoms with Crippen LogP contribution in [0.1, 0.15) is 6.42 Å². The van der Waals surface area contributed by atoms with Gasteiger partial charge in [0.05, 0.1) is 25.4 Å². The standard InChI is InChI=1S/C22H23NO6/c24-16-4-2-15(3-5-16)18-14-29-20-13-17(12-19(25)21(20)22(18)26)28-9-1-6-23-7-10-27-11-8-23/h2-5,12-14,24-25H,1,6-11H2. The molecule has 152 valence electrons. The van der Waals surface area contributed by atoms with E-state index >= 15 is 0 Å². The van der Waals surface area contributed by atoms with Crippen LogP contribution in [0.25, 0.3) is 22.1 Å². The van der Waals surface area contributed by atoms with Crippen molar-refractivity contribution in [2.45, 2.75) is 6.42 Å². The number of fused-ring (bicyclic) bond motifs is 1. The van der Waals surface area contributed by atoms with Crippen molar-refractivity contribution >= 4 is 11.0 Å². The average molecular weight is 397 g/mol. The number of nitrogens with zero attached hydrogens (tertiary/aromatic N) is 1. The fourth-order valence-electron chi connectivity index (χ4n) is 3.43. The molecular formula is C22H23NO6. The lowest BCUT2D eigenvalue weighted by Gasteiger charge is -2.26. The molecule has 4 rings (SSSR count). The van der Waals surface area contributed by atoms with E-state index in [1.165, 1.54) is 24.5 Å². The van der Waals surface area contributed by atoms with Gasteiger partial charge in [-0.15, -0.1) is 0 Å². The highest BCUT2D eigenvalue weighted by Crippen LogP contribution is 2.30. The molecule has 2 aromatic carbocycles. The molecule has 0 amide bonds. The summed E-state index contributed by atoms with van der Waals surface area (Å²) >= 11 is 0. The molecule has 2 heterocycles. The molecule has 0 spiro atoms. The van der Waals surface area contributed by atoms with E-state index in [-0.39, 0.29) is 27.9 Å². The van der Waals surface area contributed by atoms with Crippen molar-refractivity contribution in [2.75, 3.05) is 39.5 Å². The average Bonchev–Trinajstić information content (AvgIpc) is 2.73. The van der Waals surface area contributed by atoms with E-state index in [1.807, 2.05) is 0 Å². The van der Waals surface area contributed by atoms with Crippen LogP contribution in [0.3, 0.4) is 0 Å². The minimum Gasteiger partial charge on any atom is -0.508 e. The molecule has 7 heteroatoms. The number of phenolic OH excluding ortho intramolecular Hbond substituents is 2. The van der Waals surface area contributed by atoms with Crippen LogP contribution >= 0.6 is 0 Å². The highest BCUT2D eigenvalue weighted by atomic mass is 16.5. The molecule has 0 atom stereocenters. The van der Waals surface area contributed by atoms with Crippen molar-refractivity contribution in [3.63, 3.8) is 0 Å². The lowest BCUT2D eigenvalue weighted by Crippen LogP contribution is -2.37. The molecular weight excluding hydrogens is 374 g/mol. The molecule has 1 aromatic heterocycles. The Kier molecular flexibility index (Phi) is 5.69. The number of hydrogen-bond acceptors (Lipinski definition) is 7. The summed E-state index contributed by atoms with van der Waals surface area (Å²) in [5.74, 6) is 0.384. The quantitative estimate of drug-likeness (QED) is 0.618. The van der Waals surface area contributed by atoms with Crippen LogP contribution < -0.4 is 10.2 Å². The summed E-state index contributed by atoms with van der Waals surface area (Å²) < 4.78 is 16.7. The summed E-state index contributed by atoms with van der Waals surface area (Å²) in [5, 5.41) is 19.9. The number of benzene rings is 2. The van der Waals surface area contributed by atoms with E-state index in [4.69, 9.17) is 13.9 Å². The molecule has 1 fully saturated rings. The van der Waals surface area contributed by atoms with Gasteiger partial charge in [-0.25, -0.2) is 0 Å². The van der Waals surface area contributed by atoms with Gasteiger partial charge in [-0.2, -0.15) is 0 Å². The molecule has 7 nitrogen and oxygen atoms in total. The number of aromatic hydroxyl groups is 2. The Hall–Kier alpha value is -3.03. The van der Waals surface area contributed by atoms with Crippen molar-refractivity contribution in [2.24, 2.45) is 0 Å². The van der Waals surface area contributed by atoms with Gasteiger partial charge in [-0.3, -0.25) is 9.69 Å². The maximum absolute atomic E-state index is 12.8. The van der Waals surface area contributed by atoms with Gasteiger partial charge in [0.1, 0.15) is 34.5 Å². The van der Waals surface area contributed by atoms with Crippen LogP contribution in [0.2, 0.25) is 0 Å². The Morgan fingerprint density at radius 3 is 2.59 bits per heavy atom. The molecule has 0 bridgehead atoms. The summed E-state index contributed by atoms with van der Waals surface area (Å²) in [7, 11) is 0. The van der Waals surface area contributed by atoms with Gasteiger partial charge < -0.3 is 24.1 Å². The number of ether oxygens (including phenoxy) is 2. The highest BCUT2D eigenvalue weighted by Gasteiger charge is 2.15. The van der Waals surface area contributed by atoms with Crippen molar-refractivity contribution in [3.8, 4) is 28.4 Å². The van der Waals surface area contributed by atoms with Crippen LogP contribution in [0.4, 0.5) is 0 Å². The summed E-state index contributed by atoms with van der Waals surface area (Å²) in [6.07, 6.45) is 2.21. The van der Waals surface area contributed by atoms with Crippen LogP contribution in [0.5, 0.6) is 17.2 Å². The number of rotatable bonds is 6. The van der Waals surface area contributed by atoms with Gasteiger partial charge in [-0.1, -0.05) is 12.1 Å². The van der Waals surface area contributed by atoms with E-state index in [2.05, 4.69) is 4.90 Å². The Bertz CT molecular complexity index is 1040. The maximum atomic E-state index is 12.8. The number of morpholine rings is 1. The van der Waals surface area contributed by atoms with Gasteiger partial charge in [0.15, 0.2) is 0 Å². The molecule has 0 aliphatic carbocycles. The molecule has 2 N–H and O–H groups in total. The molecule has 0 saturated carbocycles. The normalized spacial score (nSPS) is 14.9. The van der Waals surface area contributed by atoms with Crippen molar-refractivity contribution in [3.05, 3.63) is 52.9 Å². The second kappa shape index (κ2) is 8.55. The molecule has 0 unspecified atom stereocenters. The first-order valence-electron chi connectivity index (χ1n) is 9.62. The summed E-state index contributed by atoms with van der Waals surface area (Å²) in [6, 6.07) is 9.28. The van der Waals surface area contributed by atoms with Crippen LogP contribution in [-0.4, -0.2) is 54.6 Å². The third kappa shape index (κ3) is 4.36. The van der Waals surface area contributed by atoms with Crippen molar-refractivity contribution in [1.29, 1.82) is 0 Å². The lowest BCUT2D eigenvalue weighted by atomic mass is 10.0. The predicted molar refractivity (Wildman–Crippen MR) is 109 cm³/mol. The topological polar surface area (TPSA) is 92.4 Å². The minimum absolute atomic E-state index is 0.108. The molecule has 3 aromatic rings. The van der Waals surface area contributed by atoms with Crippen LogP contribution in [0, 0.1) is 0 Å². The third-order valence-electron chi connectivity index (χ3n) is 5.00. The van der Waals surface area contributed by atoms with E-state index < -0.39 is 0 Å². The van der Waals surface area contributed by atoms with Gasteiger partial charge in [0.25, 0.3) is 0 Å². The first kappa shape index (κ1) is 19.3. The van der Waals surface area contributed by atoms with Crippen LogP contribution in [0.15, 0.2) is 51.9 Å². The Balaban J connectivity index is 1.49. The Morgan fingerprint density at radius 2 is 1.83 bits per heavy atom. The van der Waals surface area contributed by atoms with E-state index in [9.17, 15) is 15.0 Å². The molecule has 1 saturated heterocycles. The van der Waals surface area contributed by atoms with Gasteiger partial charge in [0.2, 0.25) is 5.43 Å². The second-order valence-corrected chi connectivity index (χ2v) is 7.00. The zero-order valence-corrected chi connectivity index (χ0v) is 16.0. The second-order valence-electron chi connectivity index (χ2n) is 7.00. The number of hydrogen-bond donors (Lipinski definition) is 2. The minimum atomic E-state index is -0.340. The third-order valence-corrected chi connectivity index (χ3v) is 5.00. The van der Waals surface area contributed by atoms with Crippen LogP contribution in [-0.2, 0) is 4.74 Å². The largest absolute Gasteiger partial charge is 0.508 e. The molecule has 1 aliphatic rings. The predicted octanol–water partition coefficient (Wildman–Crippen LogP) is 2.97. The maximum Gasteiger partial charge on any atom is 0.204 e. The summed E-state index contributed by atoms with van der Waals surface area (Å²) in [4.78, 5) is 15.2. The molecule has 0 radical (unpaired) electrons. The fraction of sp³-hybridized carbons (Fsp3) is 0.318. The monoisotopic (exact) mass is 397 g/mol. The van der Waals surface area contributed by atoms with Gasteiger partial charge >= 0.3 is 0 Å². The zero-order chi connectivity index (χ0) is 20.2. The number of phenols is 2. The van der Waals surface area contributed by atoms with E-state index in [1.54, 1.807) is 18.2 Å². The first-order valence-corrected chi connectivity index (χ1v) is 9.62. The summed E-state index contributed by atoms with van der Waals surface area (Å²) in [6.45, 7) is 4.83. The Morgan fingerprint density at radius 1 is 1.07 bits per heavy atom. The van der Waals surface area contributed by atoms with Crippen molar-refractivity contribution in [1.82, 2.24) is 4.90 Å². The molecule has 1 aliphatic heterocycles. The SMILES string of the molecule is O=c1c(-c2ccc(O)cc2)coc2cc(OCCCN3CCOCC3)cc(O)c12. The summed E-state index contributed by atoms with van der Waals surface area (Å²) in [5.41, 5.74) is 0.835. The first-order chi connectivity index (χ1) is 14.1. The highest BCUT2D eigenvalue weighted by molar-refractivity contribution is 5.88. The lowest BCUT2D eigenvalue weighted by molar-refractivity contribution is 0.0358. The fourth-order valence-corrected chi connectivity index (χ4v) is 3.43. The smallest absolute Gasteiger partial charge is 0.204 e. The van der Waals surface area contributed by atoms with E-state index in [0.29, 0.717) is 23.5 Å². The zero-order valence-electron chi connectivity index (χ0n) is 16.0. The van der Waals surface area contributed by atoms with E-state index in [0.717, 1.165) is 39.3 Å². The van der Waals surface area contributed by atoms with Crippen molar-refractivity contribution < 1.29 is 24.1 Å². The molecule has 29 heavy (non-hydrogen) atoms. The Labute approximate surface area is 167 Å². The van der Waals surface area contributed by atoms with Gasteiger partial charge in [-0.05, 0) is 24.1 Å².